The van der Waals surface area contributed by atoms with Crippen LogP contribution in [0.1, 0.15) is 56.6 Å². The average Bonchev–Trinajstić information content (AvgIpc) is 3.27. The molecule has 1 aromatic rings. The van der Waals surface area contributed by atoms with Crippen LogP contribution in [0.2, 0.25) is 0 Å². The largest absolute Gasteiger partial charge is 0.352 e. The van der Waals surface area contributed by atoms with E-state index in [-0.39, 0.29) is 35.8 Å². The van der Waals surface area contributed by atoms with Gasteiger partial charge in [0.1, 0.15) is 5.82 Å². The quantitative estimate of drug-likeness (QED) is 0.886. The third-order valence-corrected chi connectivity index (χ3v) is 6.31. The van der Waals surface area contributed by atoms with Gasteiger partial charge in [0.2, 0.25) is 11.8 Å². The van der Waals surface area contributed by atoms with Crippen LogP contribution < -0.4 is 5.32 Å². The van der Waals surface area contributed by atoms with Crippen molar-refractivity contribution in [3.8, 4) is 0 Å². The molecule has 27 heavy (non-hydrogen) atoms. The molecule has 4 rings (SSSR count). The number of hydrogen-bond donors (Lipinski definition) is 1. The van der Waals surface area contributed by atoms with Gasteiger partial charge < -0.3 is 10.2 Å². The molecule has 0 saturated carbocycles. The van der Waals surface area contributed by atoms with E-state index in [0.29, 0.717) is 24.9 Å². The number of carbonyl (C=O) groups excluding carboxylic acids is 2. The van der Waals surface area contributed by atoms with Crippen LogP contribution in [0.25, 0.3) is 0 Å². The van der Waals surface area contributed by atoms with Crippen molar-refractivity contribution >= 4 is 11.8 Å². The van der Waals surface area contributed by atoms with Crippen LogP contribution in [0.15, 0.2) is 24.3 Å². The highest BCUT2D eigenvalue weighted by atomic mass is 19.1. The highest BCUT2D eigenvalue weighted by molar-refractivity contribution is 5.79. The third kappa shape index (κ3) is 3.86. The first-order chi connectivity index (χ1) is 13.1. The molecule has 0 aliphatic carbocycles. The number of likely N-dealkylation sites (tertiary alicyclic amines) is 2. The molecule has 3 aliphatic heterocycles. The molecule has 3 atom stereocenters. The number of rotatable bonds is 3. The Bertz CT molecular complexity index is 704. The number of carbonyl (C=O) groups is 2. The van der Waals surface area contributed by atoms with Crippen LogP contribution in [0, 0.1) is 5.82 Å². The van der Waals surface area contributed by atoms with Gasteiger partial charge in [-0.15, -0.1) is 0 Å². The molecule has 6 heteroatoms. The molecule has 1 N–H and O–H groups in total. The van der Waals surface area contributed by atoms with Crippen molar-refractivity contribution in [1.82, 2.24) is 15.1 Å². The van der Waals surface area contributed by atoms with E-state index in [2.05, 4.69) is 10.2 Å². The number of hydrogen-bond acceptors (Lipinski definition) is 3. The Morgan fingerprint density at radius 1 is 1.15 bits per heavy atom. The summed E-state index contributed by atoms with van der Waals surface area (Å²) in [7, 11) is 0. The Labute approximate surface area is 159 Å². The fourth-order valence-corrected chi connectivity index (χ4v) is 4.94. The molecule has 0 radical (unpaired) electrons. The number of nitrogens with zero attached hydrogens (tertiary/aromatic N) is 2. The molecule has 1 aromatic carbocycles. The lowest BCUT2D eigenvalue weighted by Crippen LogP contribution is -2.49. The van der Waals surface area contributed by atoms with Gasteiger partial charge in [-0.3, -0.25) is 14.5 Å². The van der Waals surface area contributed by atoms with Crippen LogP contribution in [0.4, 0.5) is 4.39 Å². The maximum Gasteiger partial charge on any atom is 0.236 e. The zero-order chi connectivity index (χ0) is 18.8. The van der Waals surface area contributed by atoms with E-state index in [1.54, 1.807) is 6.07 Å². The topological polar surface area (TPSA) is 52.7 Å². The van der Waals surface area contributed by atoms with Crippen molar-refractivity contribution < 1.29 is 14.0 Å². The molecular weight excluding hydrogens is 345 g/mol. The maximum atomic E-state index is 14.6. The van der Waals surface area contributed by atoms with Gasteiger partial charge >= 0.3 is 0 Å². The molecule has 2 amide bonds. The van der Waals surface area contributed by atoms with Gasteiger partial charge in [-0.05, 0) is 38.2 Å². The van der Waals surface area contributed by atoms with Crippen molar-refractivity contribution in [3.05, 3.63) is 35.6 Å². The Balaban J connectivity index is 1.61. The van der Waals surface area contributed by atoms with E-state index in [1.165, 1.54) is 6.07 Å². The van der Waals surface area contributed by atoms with E-state index in [0.717, 1.165) is 45.2 Å². The molecule has 146 valence electrons. The monoisotopic (exact) mass is 373 g/mol. The molecule has 0 aromatic heterocycles. The van der Waals surface area contributed by atoms with Crippen LogP contribution in [-0.4, -0.2) is 53.3 Å². The minimum absolute atomic E-state index is 0.0196. The van der Waals surface area contributed by atoms with Gasteiger partial charge in [0, 0.05) is 43.2 Å². The van der Waals surface area contributed by atoms with Crippen LogP contribution in [0.3, 0.4) is 0 Å². The van der Waals surface area contributed by atoms with Crippen molar-refractivity contribution in [2.24, 2.45) is 0 Å². The van der Waals surface area contributed by atoms with E-state index >= 15 is 0 Å². The molecule has 3 aliphatic rings. The first-order valence-corrected chi connectivity index (χ1v) is 10.2. The molecule has 3 heterocycles. The summed E-state index contributed by atoms with van der Waals surface area (Å²) in [5.74, 6) is -0.0331. The summed E-state index contributed by atoms with van der Waals surface area (Å²) in [5, 5.41) is 3.14. The van der Waals surface area contributed by atoms with E-state index in [9.17, 15) is 14.0 Å². The van der Waals surface area contributed by atoms with Crippen molar-refractivity contribution in [2.75, 3.05) is 19.6 Å². The number of halogens is 1. The predicted molar refractivity (Wildman–Crippen MR) is 100 cm³/mol. The SMILES string of the molecule is O=C1CCCC[C@H]2[C@@H](C[C@@H](c3ccccc3F)N2CC(=O)N2CCCC2)N1. The molecule has 0 unspecified atom stereocenters. The molecule has 3 fully saturated rings. The molecular formula is C21H28FN3O2. The summed E-state index contributed by atoms with van der Waals surface area (Å²) < 4.78 is 14.6. The van der Waals surface area contributed by atoms with Gasteiger partial charge in [-0.1, -0.05) is 24.6 Å². The van der Waals surface area contributed by atoms with Gasteiger partial charge in [-0.2, -0.15) is 0 Å². The fourth-order valence-electron chi connectivity index (χ4n) is 4.94. The van der Waals surface area contributed by atoms with Crippen molar-refractivity contribution in [1.29, 1.82) is 0 Å². The van der Waals surface area contributed by atoms with Crippen LogP contribution in [-0.2, 0) is 9.59 Å². The van der Waals surface area contributed by atoms with E-state index < -0.39 is 0 Å². The highest BCUT2D eigenvalue weighted by Crippen LogP contribution is 2.40. The fraction of sp³-hybridized carbons (Fsp3) is 0.619. The summed E-state index contributed by atoms with van der Waals surface area (Å²) in [6, 6.07) is 6.73. The molecule has 5 nitrogen and oxygen atoms in total. The summed E-state index contributed by atoms with van der Waals surface area (Å²) in [6.07, 6.45) is 6.10. The second-order valence-electron chi connectivity index (χ2n) is 8.02. The lowest BCUT2D eigenvalue weighted by Gasteiger charge is -2.33. The van der Waals surface area contributed by atoms with Crippen molar-refractivity contribution in [2.45, 2.75) is 63.1 Å². The highest BCUT2D eigenvalue weighted by Gasteiger charge is 2.44. The second-order valence-corrected chi connectivity index (χ2v) is 8.02. The Morgan fingerprint density at radius 3 is 2.70 bits per heavy atom. The van der Waals surface area contributed by atoms with E-state index in [4.69, 9.17) is 0 Å². The number of amides is 2. The normalized spacial score (nSPS) is 29.1. The third-order valence-electron chi connectivity index (χ3n) is 6.31. The lowest BCUT2D eigenvalue weighted by molar-refractivity contribution is -0.132. The predicted octanol–water partition coefficient (Wildman–Crippen LogP) is 2.62. The Hall–Kier alpha value is -1.95. The Morgan fingerprint density at radius 2 is 1.93 bits per heavy atom. The van der Waals surface area contributed by atoms with Crippen LogP contribution >= 0.6 is 0 Å². The van der Waals surface area contributed by atoms with Gasteiger partial charge in [0.05, 0.1) is 6.54 Å². The smallest absolute Gasteiger partial charge is 0.236 e. The molecule has 0 spiro atoms. The van der Waals surface area contributed by atoms with Gasteiger partial charge in [-0.25, -0.2) is 4.39 Å². The van der Waals surface area contributed by atoms with Crippen molar-refractivity contribution in [3.63, 3.8) is 0 Å². The zero-order valence-corrected chi connectivity index (χ0v) is 15.7. The number of benzene rings is 1. The first-order valence-electron chi connectivity index (χ1n) is 10.2. The van der Waals surface area contributed by atoms with Crippen LogP contribution in [0.5, 0.6) is 0 Å². The maximum absolute atomic E-state index is 14.6. The summed E-state index contributed by atoms with van der Waals surface area (Å²) >= 11 is 0. The summed E-state index contributed by atoms with van der Waals surface area (Å²) in [5.41, 5.74) is 0.632. The van der Waals surface area contributed by atoms with Gasteiger partial charge in [0.15, 0.2) is 0 Å². The minimum atomic E-state index is -0.235. The standard InChI is InChI=1S/C21H28FN3O2/c22-16-8-2-1-7-15(16)19-13-17-18(9-3-4-10-20(26)23-17)25(19)14-21(27)24-11-5-6-12-24/h1-2,7-8,17-19H,3-6,9-14H2,(H,23,26)/t17-,18+,19+/m1/s1. The summed E-state index contributed by atoms with van der Waals surface area (Å²) in [4.78, 5) is 29.1. The molecule has 0 bridgehead atoms. The average molecular weight is 373 g/mol. The Kier molecular flexibility index (Phi) is 5.43. The summed E-state index contributed by atoms with van der Waals surface area (Å²) in [6.45, 7) is 1.94. The molecule has 3 saturated heterocycles. The number of nitrogens with one attached hydrogen (secondary N) is 1. The van der Waals surface area contributed by atoms with Gasteiger partial charge in [0.25, 0.3) is 0 Å². The first kappa shape index (κ1) is 18.4. The minimum Gasteiger partial charge on any atom is -0.352 e. The zero-order valence-electron chi connectivity index (χ0n) is 15.7. The van der Waals surface area contributed by atoms with E-state index in [1.807, 2.05) is 17.0 Å². The lowest BCUT2D eigenvalue weighted by atomic mass is 9.97. The number of fused-ring (bicyclic) bond motifs is 1. The second kappa shape index (κ2) is 7.97.